The van der Waals surface area contributed by atoms with Crippen LogP contribution in [0.1, 0.15) is 19.4 Å². The van der Waals surface area contributed by atoms with Crippen molar-refractivity contribution in [2.45, 2.75) is 26.4 Å². The van der Waals surface area contributed by atoms with Crippen LogP contribution in [0.25, 0.3) is 16.9 Å². The monoisotopic (exact) mass is 284 g/mol. The zero-order valence-corrected chi connectivity index (χ0v) is 12.0. The third kappa shape index (κ3) is 2.78. The van der Waals surface area contributed by atoms with Crippen molar-refractivity contribution in [1.29, 1.82) is 0 Å². The van der Waals surface area contributed by atoms with Crippen molar-refractivity contribution >= 4 is 11.0 Å². The van der Waals surface area contributed by atoms with E-state index in [2.05, 4.69) is 29.1 Å². The molecule has 0 aliphatic rings. The highest BCUT2D eigenvalue weighted by atomic mass is 19.1. The fourth-order valence-corrected chi connectivity index (χ4v) is 2.26. The molecule has 0 amide bonds. The van der Waals surface area contributed by atoms with Crippen molar-refractivity contribution in [3.8, 4) is 5.82 Å². The van der Waals surface area contributed by atoms with E-state index in [0.29, 0.717) is 18.4 Å². The predicted octanol–water partition coefficient (Wildman–Crippen LogP) is 3.06. The van der Waals surface area contributed by atoms with Crippen LogP contribution in [0.3, 0.4) is 0 Å². The first kappa shape index (κ1) is 13.7. The molecule has 3 aromatic rings. The van der Waals surface area contributed by atoms with E-state index < -0.39 is 0 Å². The summed E-state index contributed by atoms with van der Waals surface area (Å²) in [5, 5.41) is 3.30. The lowest BCUT2D eigenvalue weighted by Gasteiger charge is -2.13. The lowest BCUT2D eigenvalue weighted by Crippen LogP contribution is -2.23. The Kier molecular flexibility index (Phi) is 3.66. The Bertz CT molecular complexity index is 764. The molecule has 0 aliphatic carbocycles. The molecule has 0 unspecified atom stereocenters. The highest BCUT2D eigenvalue weighted by Crippen LogP contribution is 2.20. The van der Waals surface area contributed by atoms with Gasteiger partial charge in [-0.2, -0.15) is 0 Å². The number of pyridine rings is 1. The van der Waals surface area contributed by atoms with Crippen LogP contribution in [-0.2, 0) is 6.54 Å². The summed E-state index contributed by atoms with van der Waals surface area (Å²) < 4.78 is 15.4. The molecule has 0 saturated heterocycles. The van der Waals surface area contributed by atoms with Crippen molar-refractivity contribution in [2.75, 3.05) is 0 Å². The van der Waals surface area contributed by atoms with Crippen LogP contribution in [0.15, 0.2) is 42.9 Å². The van der Waals surface area contributed by atoms with E-state index in [4.69, 9.17) is 0 Å². The summed E-state index contributed by atoms with van der Waals surface area (Å²) in [6.07, 6.45) is 2.97. The number of fused-ring (bicyclic) bond motifs is 1. The largest absolute Gasteiger partial charge is 0.310 e. The predicted molar refractivity (Wildman–Crippen MR) is 80.8 cm³/mol. The third-order valence-corrected chi connectivity index (χ3v) is 3.29. The van der Waals surface area contributed by atoms with Crippen molar-refractivity contribution < 1.29 is 4.39 Å². The van der Waals surface area contributed by atoms with Gasteiger partial charge in [0.15, 0.2) is 0 Å². The molecule has 0 radical (unpaired) electrons. The number of rotatable bonds is 4. The smallest absolute Gasteiger partial charge is 0.143 e. The van der Waals surface area contributed by atoms with Gasteiger partial charge in [0, 0.05) is 18.2 Å². The second-order valence-corrected chi connectivity index (χ2v) is 5.28. The first-order chi connectivity index (χ1) is 10.1. The zero-order valence-electron chi connectivity index (χ0n) is 12.0. The summed E-state index contributed by atoms with van der Waals surface area (Å²) in [5.41, 5.74) is 2.67. The first-order valence-corrected chi connectivity index (χ1v) is 6.95. The van der Waals surface area contributed by atoms with Gasteiger partial charge in [0.2, 0.25) is 0 Å². The van der Waals surface area contributed by atoms with Crippen LogP contribution in [0.4, 0.5) is 4.39 Å². The van der Waals surface area contributed by atoms with Crippen LogP contribution in [0.5, 0.6) is 0 Å². The van der Waals surface area contributed by atoms with Gasteiger partial charge in [-0.15, -0.1) is 0 Å². The quantitative estimate of drug-likeness (QED) is 0.800. The number of aromatic nitrogens is 3. The van der Waals surface area contributed by atoms with E-state index in [1.54, 1.807) is 6.33 Å². The second kappa shape index (κ2) is 5.61. The van der Waals surface area contributed by atoms with Crippen LogP contribution < -0.4 is 5.32 Å². The van der Waals surface area contributed by atoms with E-state index in [1.165, 1.54) is 12.3 Å². The van der Waals surface area contributed by atoms with Gasteiger partial charge >= 0.3 is 0 Å². The molecule has 0 atom stereocenters. The van der Waals surface area contributed by atoms with Gasteiger partial charge in [-0.25, -0.2) is 14.4 Å². The molecule has 1 aromatic carbocycles. The summed E-state index contributed by atoms with van der Waals surface area (Å²) in [7, 11) is 0. The fraction of sp³-hybridized carbons (Fsp3) is 0.250. The van der Waals surface area contributed by atoms with Gasteiger partial charge in [-0.3, -0.25) is 4.57 Å². The Morgan fingerprint density at radius 3 is 2.86 bits per heavy atom. The molecule has 0 bridgehead atoms. The molecule has 0 aliphatic heterocycles. The van der Waals surface area contributed by atoms with E-state index >= 15 is 0 Å². The number of hydrogen-bond donors (Lipinski definition) is 1. The molecule has 4 nitrogen and oxygen atoms in total. The first-order valence-electron chi connectivity index (χ1n) is 6.95. The number of nitrogens with zero attached hydrogens (tertiary/aromatic N) is 3. The topological polar surface area (TPSA) is 42.7 Å². The average molecular weight is 284 g/mol. The number of nitrogens with one attached hydrogen (secondary N) is 1. The van der Waals surface area contributed by atoms with Gasteiger partial charge in [-0.05, 0) is 18.2 Å². The maximum absolute atomic E-state index is 13.5. The Morgan fingerprint density at radius 1 is 1.24 bits per heavy atom. The fourth-order valence-electron chi connectivity index (χ4n) is 2.26. The van der Waals surface area contributed by atoms with Crippen LogP contribution >= 0.6 is 0 Å². The molecule has 1 N–H and O–H groups in total. The van der Waals surface area contributed by atoms with Gasteiger partial charge in [0.1, 0.15) is 18.0 Å². The summed E-state index contributed by atoms with van der Waals surface area (Å²) in [6, 6.07) is 9.66. The normalized spacial score (nSPS) is 11.4. The van der Waals surface area contributed by atoms with Crippen LogP contribution in [-0.4, -0.2) is 20.6 Å². The minimum Gasteiger partial charge on any atom is -0.310 e. The zero-order chi connectivity index (χ0) is 14.8. The minimum atomic E-state index is -0.330. The van der Waals surface area contributed by atoms with Crippen LogP contribution in [0.2, 0.25) is 0 Å². The summed E-state index contributed by atoms with van der Waals surface area (Å²) in [6.45, 7) is 4.67. The maximum atomic E-state index is 13.5. The average Bonchev–Trinajstić information content (AvgIpc) is 2.89. The van der Waals surface area contributed by atoms with Crippen LogP contribution in [0, 0.1) is 5.82 Å². The Balaban J connectivity index is 2.09. The maximum Gasteiger partial charge on any atom is 0.143 e. The molecular formula is C16H17FN4. The van der Waals surface area contributed by atoms with Crippen molar-refractivity contribution in [2.24, 2.45) is 0 Å². The van der Waals surface area contributed by atoms with E-state index in [-0.39, 0.29) is 5.82 Å². The number of halogens is 1. The Hall–Kier alpha value is -2.27. The van der Waals surface area contributed by atoms with Gasteiger partial charge < -0.3 is 5.32 Å². The molecule has 2 aromatic heterocycles. The standard InChI is InChI=1S/C16H17FN4/c1-11(2)18-8-12-7-13(17)9-19-16(12)21-10-20-14-5-3-4-6-15(14)21/h3-7,9-11,18H,8H2,1-2H3. The molecule has 21 heavy (non-hydrogen) atoms. The molecule has 2 heterocycles. The Morgan fingerprint density at radius 2 is 2.05 bits per heavy atom. The summed E-state index contributed by atoms with van der Waals surface area (Å²) in [5.74, 6) is 0.377. The van der Waals surface area contributed by atoms with Gasteiger partial charge in [-0.1, -0.05) is 26.0 Å². The van der Waals surface area contributed by atoms with Gasteiger partial charge in [0.05, 0.1) is 17.2 Å². The number of benzene rings is 1. The summed E-state index contributed by atoms with van der Waals surface area (Å²) in [4.78, 5) is 8.62. The highest BCUT2D eigenvalue weighted by molar-refractivity contribution is 5.77. The van der Waals surface area contributed by atoms with E-state index in [0.717, 1.165) is 16.6 Å². The number of para-hydroxylation sites is 2. The molecule has 0 fully saturated rings. The summed E-state index contributed by atoms with van der Waals surface area (Å²) >= 11 is 0. The number of imidazole rings is 1. The second-order valence-electron chi connectivity index (χ2n) is 5.28. The molecule has 0 spiro atoms. The lowest BCUT2D eigenvalue weighted by molar-refractivity contribution is 0.576. The molecule has 3 rings (SSSR count). The lowest BCUT2D eigenvalue weighted by atomic mass is 10.2. The minimum absolute atomic E-state index is 0.320. The molecular weight excluding hydrogens is 267 g/mol. The van der Waals surface area contributed by atoms with E-state index in [9.17, 15) is 4.39 Å². The van der Waals surface area contributed by atoms with Crippen molar-refractivity contribution in [1.82, 2.24) is 19.9 Å². The third-order valence-electron chi connectivity index (χ3n) is 3.29. The SMILES string of the molecule is CC(C)NCc1cc(F)cnc1-n1cnc2ccccc21. The molecule has 5 heteroatoms. The molecule has 0 saturated carbocycles. The van der Waals surface area contributed by atoms with Gasteiger partial charge in [0.25, 0.3) is 0 Å². The van der Waals surface area contributed by atoms with E-state index in [1.807, 2.05) is 28.8 Å². The molecule has 108 valence electrons. The van der Waals surface area contributed by atoms with Crippen molar-refractivity contribution in [3.63, 3.8) is 0 Å². The highest BCUT2D eigenvalue weighted by Gasteiger charge is 2.11. The van der Waals surface area contributed by atoms with Crippen molar-refractivity contribution in [3.05, 3.63) is 54.2 Å². The number of hydrogen-bond acceptors (Lipinski definition) is 3. The Labute approximate surface area is 122 Å².